The summed E-state index contributed by atoms with van der Waals surface area (Å²) in [6.07, 6.45) is 0.338. The summed E-state index contributed by atoms with van der Waals surface area (Å²) in [4.78, 5) is 12.4. The highest BCUT2D eigenvalue weighted by Gasteiger charge is 2.14. The zero-order chi connectivity index (χ0) is 16.3. The predicted octanol–water partition coefficient (Wildman–Crippen LogP) is 2.96. The van der Waals surface area contributed by atoms with Gasteiger partial charge in [0.15, 0.2) is 0 Å². The van der Waals surface area contributed by atoms with Crippen molar-refractivity contribution < 1.29 is 4.79 Å². The molecule has 1 aromatic carbocycles. The Labute approximate surface area is 131 Å². The fourth-order valence-electron chi connectivity index (χ4n) is 2.53. The Morgan fingerprint density at radius 1 is 1.23 bits per heavy atom. The lowest BCUT2D eigenvalue weighted by Crippen LogP contribution is -2.16. The van der Waals surface area contributed by atoms with Crippen LogP contribution in [0, 0.1) is 20.8 Å². The number of anilines is 2. The summed E-state index contributed by atoms with van der Waals surface area (Å²) in [5.41, 5.74) is 5.87. The van der Waals surface area contributed by atoms with Crippen molar-refractivity contribution in [3.63, 3.8) is 0 Å². The van der Waals surface area contributed by atoms with Gasteiger partial charge < -0.3 is 10.6 Å². The highest BCUT2D eigenvalue weighted by atomic mass is 16.1. The topological polar surface area (TPSA) is 58.9 Å². The maximum absolute atomic E-state index is 12.4. The second-order valence-corrected chi connectivity index (χ2v) is 5.58. The molecule has 0 aliphatic carbocycles. The molecule has 0 atom stereocenters. The summed E-state index contributed by atoms with van der Waals surface area (Å²) in [5.74, 6) is -0.0257. The molecular formula is C17H24N4O. The van der Waals surface area contributed by atoms with Crippen LogP contribution < -0.4 is 10.6 Å². The minimum absolute atomic E-state index is 0.0257. The third-order valence-electron chi connectivity index (χ3n) is 3.81. The number of carbonyl (C=O) groups is 1. The van der Waals surface area contributed by atoms with Crippen molar-refractivity contribution in [3.05, 3.63) is 40.7 Å². The van der Waals surface area contributed by atoms with Crippen molar-refractivity contribution in [1.82, 2.24) is 9.78 Å². The average Bonchev–Trinajstić information content (AvgIpc) is 2.69. The molecule has 0 radical (unpaired) electrons. The Bertz CT molecular complexity index is 688. The number of hydrogen-bond donors (Lipinski definition) is 2. The van der Waals surface area contributed by atoms with Crippen molar-refractivity contribution in [2.24, 2.45) is 7.05 Å². The number of aryl methyl sites for hydroxylation is 3. The van der Waals surface area contributed by atoms with Gasteiger partial charge in [0.2, 0.25) is 5.91 Å². The summed E-state index contributed by atoms with van der Waals surface area (Å²) >= 11 is 0. The Morgan fingerprint density at radius 3 is 2.55 bits per heavy atom. The molecule has 118 valence electrons. The van der Waals surface area contributed by atoms with Crippen LogP contribution in [0.15, 0.2) is 18.2 Å². The number of aromatic nitrogens is 2. The molecule has 0 bridgehead atoms. The van der Waals surface area contributed by atoms with Gasteiger partial charge in [-0.3, -0.25) is 9.48 Å². The van der Waals surface area contributed by atoms with E-state index in [0.717, 1.165) is 40.4 Å². The number of nitrogens with zero attached hydrogens (tertiary/aromatic N) is 2. The molecule has 0 unspecified atom stereocenters. The monoisotopic (exact) mass is 300 g/mol. The first kappa shape index (κ1) is 16.1. The minimum Gasteiger partial charge on any atom is -0.384 e. The Morgan fingerprint density at radius 2 is 1.95 bits per heavy atom. The Hall–Kier alpha value is -2.30. The van der Waals surface area contributed by atoms with Crippen LogP contribution in [0.1, 0.15) is 29.4 Å². The molecule has 0 aliphatic rings. The van der Waals surface area contributed by atoms with E-state index in [2.05, 4.69) is 15.7 Å². The van der Waals surface area contributed by atoms with E-state index in [-0.39, 0.29) is 5.91 Å². The molecule has 0 aliphatic heterocycles. The zero-order valence-corrected chi connectivity index (χ0v) is 13.9. The molecule has 22 heavy (non-hydrogen) atoms. The first-order valence-electron chi connectivity index (χ1n) is 7.55. The smallest absolute Gasteiger partial charge is 0.228 e. The number of nitrogens with one attached hydrogen (secondary N) is 2. The molecule has 2 N–H and O–H groups in total. The lowest BCUT2D eigenvalue weighted by atomic mass is 10.1. The molecule has 0 spiro atoms. The van der Waals surface area contributed by atoms with Gasteiger partial charge in [-0.25, -0.2) is 0 Å². The van der Waals surface area contributed by atoms with Crippen molar-refractivity contribution >= 4 is 17.3 Å². The number of carbonyl (C=O) groups excluding carboxylic acids is 1. The number of hydrogen-bond acceptors (Lipinski definition) is 3. The molecule has 0 saturated carbocycles. The van der Waals surface area contributed by atoms with Gasteiger partial charge in [-0.15, -0.1) is 0 Å². The van der Waals surface area contributed by atoms with Crippen LogP contribution in [0.2, 0.25) is 0 Å². The predicted molar refractivity (Wildman–Crippen MR) is 90.4 cm³/mol. The summed E-state index contributed by atoms with van der Waals surface area (Å²) < 4.78 is 1.81. The third kappa shape index (κ3) is 3.47. The molecular weight excluding hydrogens is 276 g/mol. The summed E-state index contributed by atoms with van der Waals surface area (Å²) in [6, 6.07) is 5.98. The molecule has 1 aromatic heterocycles. The SMILES string of the molecule is CCNc1cc(C)ccc1NC(=O)Cc1c(C)nn(C)c1C. The van der Waals surface area contributed by atoms with Crippen LogP contribution in [0.25, 0.3) is 0 Å². The first-order valence-corrected chi connectivity index (χ1v) is 7.55. The fourth-order valence-corrected chi connectivity index (χ4v) is 2.53. The highest BCUT2D eigenvalue weighted by Crippen LogP contribution is 2.23. The molecule has 2 aromatic rings. The van der Waals surface area contributed by atoms with Crippen LogP contribution in [0.3, 0.4) is 0 Å². The van der Waals surface area contributed by atoms with Gasteiger partial charge in [0.1, 0.15) is 0 Å². The minimum atomic E-state index is -0.0257. The van der Waals surface area contributed by atoms with Crippen LogP contribution >= 0.6 is 0 Å². The van der Waals surface area contributed by atoms with Gasteiger partial charge in [0, 0.05) is 24.8 Å². The number of benzene rings is 1. The fraction of sp³-hybridized carbons (Fsp3) is 0.412. The van der Waals surface area contributed by atoms with E-state index in [1.807, 2.05) is 57.6 Å². The number of amides is 1. The normalized spacial score (nSPS) is 10.6. The van der Waals surface area contributed by atoms with E-state index in [4.69, 9.17) is 0 Å². The molecule has 5 nitrogen and oxygen atoms in total. The standard InChI is InChI=1S/C17H24N4O/c1-6-18-16-9-11(2)7-8-15(16)19-17(22)10-14-12(3)20-21(5)13(14)4/h7-9,18H,6,10H2,1-5H3,(H,19,22). The maximum atomic E-state index is 12.4. The van der Waals surface area contributed by atoms with Crippen LogP contribution in [0.4, 0.5) is 11.4 Å². The second kappa shape index (κ2) is 6.64. The Kier molecular flexibility index (Phi) is 4.85. The molecule has 0 fully saturated rings. The molecule has 5 heteroatoms. The van der Waals surface area contributed by atoms with Gasteiger partial charge >= 0.3 is 0 Å². The van der Waals surface area contributed by atoms with Crippen LogP contribution in [0.5, 0.6) is 0 Å². The largest absolute Gasteiger partial charge is 0.384 e. The van der Waals surface area contributed by atoms with Gasteiger partial charge in [0.05, 0.1) is 23.5 Å². The van der Waals surface area contributed by atoms with E-state index in [1.165, 1.54) is 0 Å². The van der Waals surface area contributed by atoms with Crippen molar-refractivity contribution in [2.75, 3.05) is 17.2 Å². The van der Waals surface area contributed by atoms with Crippen molar-refractivity contribution in [1.29, 1.82) is 0 Å². The lowest BCUT2D eigenvalue weighted by Gasteiger charge is -2.13. The van der Waals surface area contributed by atoms with Crippen LogP contribution in [-0.2, 0) is 18.3 Å². The molecule has 2 rings (SSSR count). The summed E-state index contributed by atoms with van der Waals surface area (Å²) in [5, 5.41) is 10.6. The molecule has 1 heterocycles. The van der Waals surface area contributed by atoms with E-state index >= 15 is 0 Å². The highest BCUT2D eigenvalue weighted by molar-refractivity contribution is 5.95. The van der Waals surface area contributed by atoms with Gasteiger partial charge in [-0.2, -0.15) is 5.10 Å². The summed E-state index contributed by atoms with van der Waals surface area (Å²) in [7, 11) is 1.90. The number of rotatable bonds is 5. The second-order valence-electron chi connectivity index (χ2n) is 5.58. The average molecular weight is 300 g/mol. The third-order valence-corrected chi connectivity index (χ3v) is 3.81. The van der Waals surface area contributed by atoms with Gasteiger partial charge in [-0.1, -0.05) is 6.07 Å². The lowest BCUT2D eigenvalue weighted by molar-refractivity contribution is -0.115. The quantitative estimate of drug-likeness (QED) is 0.892. The first-order chi connectivity index (χ1) is 10.4. The van der Waals surface area contributed by atoms with Crippen LogP contribution in [-0.4, -0.2) is 22.2 Å². The van der Waals surface area contributed by atoms with Gasteiger partial charge in [-0.05, 0) is 45.4 Å². The summed E-state index contributed by atoms with van der Waals surface area (Å²) in [6.45, 7) is 8.81. The Balaban J connectivity index is 2.15. The van der Waals surface area contributed by atoms with Crippen molar-refractivity contribution in [3.8, 4) is 0 Å². The van der Waals surface area contributed by atoms with Crippen molar-refractivity contribution in [2.45, 2.75) is 34.1 Å². The van der Waals surface area contributed by atoms with E-state index in [1.54, 1.807) is 0 Å². The molecule has 1 amide bonds. The van der Waals surface area contributed by atoms with E-state index in [0.29, 0.717) is 6.42 Å². The molecule has 0 saturated heterocycles. The van der Waals surface area contributed by atoms with E-state index in [9.17, 15) is 4.79 Å². The maximum Gasteiger partial charge on any atom is 0.228 e. The van der Waals surface area contributed by atoms with Gasteiger partial charge in [0.25, 0.3) is 0 Å². The van der Waals surface area contributed by atoms with E-state index < -0.39 is 0 Å². The zero-order valence-electron chi connectivity index (χ0n) is 13.9.